The number of hydrogen-bond donors (Lipinski definition) is 3. The fourth-order valence-corrected chi connectivity index (χ4v) is 4.69. The number of hydrogen-bond acceptors (Lipinski definition) is 7. The Balaban J connectivity index is 1.57. The van der Waals surface area contributed by atoms with Crippen LogP contribution in [0.4, 0.5) is 19.0 Å². The van der Waals surface area contributed by atoms with Gasteiger partial charge in [0.25, 0.3) is 11.8 Å². The van der Waals surface area contributed by atoms with Crippen LogP contribution < -0.4 is 15.8 Å². The first-order chi connectivity index (χ1) is 18.0. The first-order valence-corrected chi connectivity index (χ1v) is 12.2. The molecule has 3 aromatic rings. The average molecular weight is 533 g/mol. The predicted octanol–water partition coefficient (Wildman–Crippen LogP) is 2.78. The maximum Gasteiger partial charge on any atom is 0.422 e. The molecule has 2 amide bonds. The van der Waals surface area contributed by atoms with E-state index < -0.39 is 24.7 Å². The Morgan fingerprint density at radius 3 is 2.71 bits per heavy atom. The van der Waals surface area contributed by atoms with Crippen molar-refractivity contribution in [2.75, 3.05) is 18.9 Å². The van der Waals surface area contributed by atoms with Crippen molar-refractivity contribution in [3.63, 3.8) is 0 Å². The summed E-state index contributed by atoms with van der Waals surface area (Å²) >= 11 is 0. The molecule has 10 nitrogen and oxygen atoms in total. The first kappa shape index (κ1) is 25.8. The molecule has 1 fully saturated rings. The van der Waals surface area contributed by atoms with Crippen LogP contribution in [0.5, 0.6) is 5.75 Å². The monoisotopic (exact) mass is 532 g/mol. The van der Waals surface area contributed by atoms with Gasteiger partial charge in [-0.25, -0.2) is 9.50 Å². The van der Waals surface area contributed by atoms with E-state index in [9.17, 15) is 27.9 Å². The van der Waals surface area contributed by atoms with Gasteiger partial charge in [-0.15, -0.1) is 5.10 Å². The van der Waals surface area contributed by atoms with Crippen molar-refractivity contribution < 1.29 is 32.6 Å². The second-order valence-corrected chi connectivity index (χ2v) is 9.82. The lowest BCUT2D eigenvalue weighted by Crippen LogP contribution is -2.35. The summed E-state index contributed by atoms with van der Waals surface area (Å²) in [5, 5.41) is 16.0. The Morgan fingerprint density at radius 2 is 2.05 bits per heavy atom. The van der Waals surface area contributed by atoms with E-state index in [1.807, 2.05) is 6.92 Å². The lowest BCUT2D eigenvalue weighted by molar-refractivity contribution is -0.153. The summed E-state index contributed by atoms with van der Waals surface area (Å²) in [6.07, 6.45) is -1.05. The smallest absolute Gasteiger partial charge is 0.422 e. The number of halogens is 3. The van der Waals surface area contributed by atoms with Gasteiger partial charge in [0.2, 0.25) is 0 Å². The number of carbonyl (C=O) groups excluding carboxylic acids is 2. The molecule has 5 rings (SSSR count). The van der Waals surface area contributed by atoms with Crippen LogP contribution >= 0.6 is 0 Å². The topological polar surface area (TPSA) is 135 Å². The fraction of sp³-hybridized carbons (Fsp3) is 0.440. The van der Waals surface area contributed by atoms with Crippen LogP contribution in [0.1, 0.15) is 53.0 Å². The predicted molar refractivity (Wildman–Crippen MR) is 130 cm³/mol. The minimum Gasteiger partial charge on any atom is -0.483 e. The number of fused-ring (bicyclic) bond motifs is 2. The Hall–Kier alpha value is -3.87. The number of nitrogens with zero attached hydrogens (tertiary/aromatic N) is 4. The minimum atomic E-state index is -4.59. The summed E-state index contributed by atoms with van der Waals surface area (Å²) in [6, 6.07) is 4.07. The van der Waals surface area contributed by atoms with Crippen LogP contribution in [0.3, 0.4) is 0 Å². The lowest BCUT2D eigenvalue weighted by atomic mass is 10.0. The SMILES string of the molecule is CC(C1CC1)N1Cc2cc(-c3ccn4nc(N)c(C(=O)N[C@H](C)CO)c4n3)cc(OCC(F)(F)F)c2C1=O. The van der Waals surface area contributed by atoms with Gasteiger partial charge in [-0.1, -0.05) is 0 Å². The summed E-state index contributed by atoms with van der Waals surface area (Å²) in [6.45, 7) is 1.97. The number of carbonyl (C=O) groups is 2. The van der Waals surface area contributed by atoms with Crippen LogP contribution in [0.15, 0.2) is 24.4 Å². The number of nitrogen functional groups attached to an aromatic ring is 1. The second kappa shape index (κ2) is 9.46. The quantitative estimate of drug-likeness (QED) is 0.406. The molecular weight excluding hydrogens is 505 g/mol. The second-order valence-electron chi connectivity index (χ2n) is 9.82. The van der Waals surface area contributed by atoms with E-state index >= 15 is 0 Å². The molecule has 0 radical (unpaired) electrons. The molecule has 0 saturated heterocycles. The molecule has 2 aliphatic rings. The summed E-state index contributed by atoms with van der Waals surface area (Å²) < 4.78 is 45.6. The van der Waals surface area contributed by atoms with Gasteiger partial charge in [0.15, 0.2) is 18.1 Å². The molecule has 0 bridgehead atoms. The molecule has 13 heteroatoms. The number of alkyl halides is 3. The van der Waals surface area contributed by atoms with Crippen LogP contribution in [0.2, 0.25) is 0 Å². The maximum atomic E-state index is 13.2. The van der Waals surface area contributed by atoms with Crippen molar-refractivity contribution in [1.82, 2.24) is 24.8 Å². The van der Waals surface area contributed by atoms with Crippen LogP contribution in [-0.2, 0) is 6.54 Å². The van der Waals surface area contributed by atoms with Gasteiger partial charge in [0.1, 0.15) is 11.3 Å². The number of anilines is 1. The summed E-state index contributed by atoms with van der Waals surface area (Å²) in [5.41, 5.74) is 7.49. The molecule has 4 N–H and O–H groups in total. The van der Waals surface area contributed by atoms with Crippen molar-refractivity contribution in [3.05, 3.63) is 41.1 Å². The zero-order valence-corrected chi connectivity index (χ0v) is 20.7. The van der Waals surface area contributed by atoms with Gasteiger partial charge < -0.3 is 25.8 Å². The molecule has 0 spiro atoms. The van der Waals surface area contributed by atoms with E-state index in [1.165, 1.54) is 16.8 Å². The highest BCUT2D eigenvalue weighted by Gasteiger charge is 2.41. The van der Waals surface area contributed by atoms with E-state index in [4.69, 9.17) is 10.5 Å². The number of amides is 2. The zero-order valence-electron chi connectivity index (χ0n) is 20.7. The van der Waals surface area contributed by atoms with Gasteiger partial charge in [0, 0.05) is 30.4 Å². The van der Waals surface area contributed by atoms with Gasteiger partial charge in [0.05, 0.1) is 17.9 Å². The van der Waals surface area contributed by atoms with E-state index in [-0.39, 0.29) is 53.4 Å². The van der Waals surface area contributed by atoms with Gasteiger partial charge in [-0.3, -0.25) is 9.59 Å². The molecule has 202 valence electrons. The van der Waals surface area contributed by atoms with E-state index in [0.717, 1.165) is 12.8 Å². The third-order valence-electron chi connectivity index (χ3n) is 6.87. The largest absolute Gasteiger partial charge is 0.483 e. The third kappa shape index (κ3) is 4.85. The van der Waals surface area contributed by atoms with E-state index in [1.54, 1.807) is 24.0 Å². The Labute approximate surface area is 215 Å². The fourth-order valence-electron chi connectivity index (χ4n) is 4.69. The summed E-state index contributed by atoms with van der Waals surface area (Å²) in [7, 11) is 0. The van der Waals surface area contributed by atoms with Crippen molar-refractivity contribution in [2.24, 2.45) is 5.92 Å². The Morgan fingerprint density at radius 1 is 1.32 bits per heavy atom. The van der Waals surface area contributed by atoms with Gasteiger partial charge >= 0.3 is 6.18 Å². The number of rotatable bonds is 8. The molecule has 38 heavy (non-hydrogen) atoms. The average Bonchev–Trinajstić information content (AvgIpc) is 3.58. The molecule has 1 saturated carbocycles. The number of nitrogens with two attached hydrogens (primary N) is 1. The van der Waals surface area contributed by atoms with Crippen molar-refractivity contribution in [1.29, 1.82) is 0 Å². The number of aliphatic hydroxyl groups is 1. The van der Waals surface area contributed by atoms with Gasteiger partial charge in [-0.2, -0.15) is 13.2 Å². The molecule has 1 aliphatic carbocycles. The Kier molecular flexibility index (Phi) is 6.41. The highest BCUT2D eigenvalue weighted by Crippen LogP contribution is 2.42. The highest BCUT2D eigenvalue weighted by molar-refractivity contribution is 6.04. The molecule has 1 aromatic carbocycles. The number of benzene rings is 1. The third-order valence-corrected chi connectivity index (χ3v) is 6.87. The molecule has 2 aromatic heterocycles. The molecule has 1 unspecified atom stereocenters. The molecule has 1 aliphatic heterocycles. The van der Waals surface area contributed by atoms with Crippen molar-refractivity contribution >= 4 is 23.3 Å². The van der Waals surface area contributed by atoms with Crippen LogP contribution in [-0.4, -0.2) is 67.9 Å². The van der Waals surface area contributed by atoms with E-state index in [0.29, 0.717) is 22.7 Å². The molecule has 3 heterocycles. The first-order valence-electron chi connectivity index (χ1n) is 12.2. The summed E-state index contributed by atoms with van der Waals surface area (Å²) in [5.74, 6) is -0.804. The van der Waals surface area contributed by atoms with Gasteiger partial charge in [-0.05, 0) is 56.4 Å². The normalized spacial score (nSPS) is 17.0. The Bertz CT molecular complexity index is 1420. The summed E-state index contributed by atoms with van der Waals surface area (Å²) in [4.78, 5) is 32.2. The van der Waals surface area contributed by atoms with Crippen LogP contribution in [0, 0.1) is 5.92 Å². The number of aliphatic hydroxyl groups excluding tert-OH is 1. The number of aromatic nitrogens is 3. The number of ether oxygens (including phenoxy) is 1. The van der Waals surface area contributed by atoms with Crippen molar-refractivity contribution in [2.45, 2.75) is 51.5 Å². The zero-order chi connectivity index (χ0) is 27.4. The standard InChI is InChI=1S/C25H27F3N6O4/c1-12(10-35)30-23(36)20-21(29)32-34-6-5-17(31-22(20)34)15-7-16-9-33(13(2)14-3-4-14)24(37)19(16)18(8-15)38-11-25(26,27)28/h5-8,12-14,35H,3-4,9-11H2,1-2H3,(H2,29,32)(H,30,36)/t12-,13?/m1/s1. The molecular formula is C25H27F3N6O4. The van der Waals surface area contributed by atoms with E-state index in [2.05, 4.69) is 15.4 Å². The van der Waals surface area contributed by atoms with Crippen molar-refractivity contribution in [3.8, 4) is 17.0 Å². The highest BCUT2D eigenvalue weighted by atomic mass is 19.4. The lowest BCUT2D eigenvalue weighted by Gasteiger charge is -2.24. The van der Waals surface area contributed by atoms with Crippen LogP contribution in [0.25, 0.3) is 16.9 Å². The molecule has 2 atom stereocenters. The minimum absolute atomic E-state index is 0.00136. The maximum absolute atomic E-state index is 13.2. The number of nitrogens with one attached hydrogen (secondary N) is 1.